The molecular formula is C15H30CaO2. The van der Waals surface area contributed by atoms with Gasteiger partial charge in [-0.05, 0) is 13.3 Å². The van der Waals surface area contributed by atoms with Crippen molar-refractivity contribution >= 4 is 49.3 Å². The third-order valence-corrected chi connectivity index (χ3v) is 3.01. The van der Waals surface area contributed by atoms with Crippen LogP contribution < -0.4 is 0 Å². The van der Waals surface area contributed by atoms with Crippen molar-refractivity contribution in [2.24, 2.45) is 0 Å². The van der Waals surface area contributed by atoms with Crippen LogP contribution in [-0.2, 0) is 9.59 Å². The topological polar surface area (TPSA) is 34.1 Å². The summed E-state index contributed by atoms with van der Waals surface area (Å²) in [5.41, 5.74) is 0. The fourth-order valence-electron chi connectivity index (χ4n) is 2.00. The summed E-state index contributed by atoms with van der Waals surface area (Å²) in [5.74, 6) is 0.103. The summed E-state index contributed by atoms with van der Waals surface area (Å²) in [5, 5.41) is 0. The first-order valence-corrected chi connectivity index (χ1v) is 7.18. The molecule has 2 nitrogen and oxygen atoms in total. The second-order valence-electron chi connectivity index (χ2n) is 5.00. The predicted molar refractivity (Wildman–Crippen MR) is 80.7 cm³/mol. The number of hydrogen-bond acceptors (Lipinski definition) is 2. The van der Waals surface area contributed by atoms with Gasteiger partial charge in [-0.3, -0.25) is 9.59 Å². The van der Waals surface area contributed by atoms with Crippen LogP contribution in [0.25, 0.3) is 0 Å². The molecule has 0 atom stereocenters. The van der Waals surface area contributed by atoms with E-state index in [2.05, 4.69) is 6.92 Å². The second kappa shape index (κ2) is 15.7. The molecule has 104 valence electrons. The van der Waals surface area contributed by atoms with Gasteiger partial charge in [0.05, 0.1) is 6.42 Å². The first-order valence-electron chi connectivity index (χ1n) is 7.18. The molecule has 0 rings (SSSR count). The second-order valence-corrected chi connectivity index (χ2v) is 5.00. The maximum absolute atomic E-state index is 11.2. The summed E-state index contributed by atoms with van der Waals surface area (Å²) in [7, 11) is 0. The summed E-state index contributed by atoms with van der Waals surface area (Å²) in [4.78, 5) is 21.9. The van der Waals surface area contributed by atoms with Crippen molar-refractivity contribution in [3.05, 3.63) is 0 Å². The van der Waals surface area contributed by atoms with Crippen LogP contribution in [0.1, 0.15) is 84.5 Å². The van der Waals surface area contributed by atoms with E-state index in [4.69, 9.17) is 0 Å². The molecule has 0 bridgehead atoms. The standard InChI is InChI=1S/C15H28O2.Ca.2H/c1-3-4-5-6-7-8-9-10-11-12-15(17)13-14(2)16;;;/h3-13H2,1-2H3;;;. The Kier molecular flexibility index (Phi) is 18.2. The number of unbranched alkanes of at least 4 members (excludes halogenated alkanes) is 8. The average Bonchev–Trinajstić information content (AvgIpc) is 2.26. The average molecular weight is 282 g/mol. The summed E-state index contributed by atoms with van der Waals surface area (Å²) >= 11 is 0. The molecule has 0 fully saturated rings. The van der Waals surface area contributed by atoms with E-state index in [0.29, 0.717) is 6.42 Å². The monoisotopic (exact) mass is 282 g/mol. The van der Waals surface area contributed by atoms with Gasteiger partial charge in [0.2, 0.25) is 0 Å². The molecular weight excluding hydrogens is 252 g/mol. The van der Waals surface area contributed by atoms with Crippen LogP contribution in [0.5, 0.6) is 0 Å². The van der Waals surface area contributed by atoms with Crippen molar-refractivity contribution < 1.29 is 9.59 Å². The molecule has 0 N–H and O–H groups in total. The molecule has 0 heterocycles. The number of rotatable bonds is 12. The molecule has 0 aromatic carbocycles. The van der Waals surface area contributed by atoms with Gasteiger partial charge in [-0.15, -0.1) is 0 Å². The Morgan fingerprint density at radius 1 is 0.778 bits per heavy atom. The summed E-state index contributed by atoms with van der Waals surface area (Å²) in [6, 6.07) is 0. The maximum atomic E-state index is 11.2. The minimum absolute atomic E-state index is 0. The van der Waals surface area contributed by atoms with E-state index < -0.39 is 0 Å². The van der Waals surface area contributed by atoms with E-state index in [0.717, 1.165) is 12.8 Å². The zero-order valence-corrected chi connectivity index (χ0v) is 11.6. The molecule has 0 radical (unpaired) electrons. The van der Waals surface area contributed by atoms with E-state index >= 15 is 0 Å². The van der Waals surface area contributed by atoms with Crippen molar-refractivity contribution in [1.29, 1.82) is 0 Å². The van der Waals surface area contributed by atoms with E-state index in [1.807, 2.05) is 0 Å². The van der Waals surface area contributed by atoms with Gasteiger partial charge in [0.25, 0.3) is 0 Å². The molecule has 0 amide bonds. The Morgan fingerprint density at radius 2 is 1.22 bits per heavy atom. The Bertz CT molecular complexity index is 215. The third kappa shape index (κ3) is 16.6. The summed E-state index contributed by atoms with van der Waals surface area (Å²) in [6.07, 6.45) is 12.1. The molecule has 0 aromatic rings. The van der Waals surface area contributed by atoms with Gasteiger partial charge in [0, 0.05) is 6.42 Å². The quantitative estimate of drug-likeness (QED) is 0.312. The number of ketones is 2. The number of carbonyl (C=O) groups is 2. The van der Waals surface area contributed by atoms with Crippen LogP contribution >= 0.6 is 0 Å². The van der Waals surface area contributed by atoms with Crippen molar-refractivity contribution in [2.75, 3.05) is 0 Å². The van der Waals surface area contributed by atoms with Crippen LogP contribution in [0, 0.1) is 0 Å². The van der Waals surface area contributed by atoms with Gasteiger partial charge < -0.3 is 0 Å². The minimum atomic E-state index is -0.00840. The fraction of sp³-hybridized carbons (Fsp3) is 0.867. The van der Waals surface area contributed by atoms with Crippen LogP contribution in [0.3, 0.4) is 0 Å². The van der Waals surface area contributed by atoms with Gasteiger partial charge in [-0.2, -0.15) is 0 Å². The van der Waals surface area contributed by atoms with Crippen molar-refractivity contribution in [3.8, 4) is 0 Å². The number of hydrogen-bond donors (Lipinski definition) is 0. The Balaban J connectivity index is 0. The normalized spacial score (nSPS) is 9.89. The first-order chi connectivity index (χ1) is 8.16. The molecule has 0 aliphatic rings. The number of Topliss-reactive ketones (excluding diaryl/α,β-unsaturated/α-hetero) is 2. The van der Waals surface area contributed by atoms with Gasteiger partial charge in [0.15, 0.2) is 0 Å². The third-order valence-electron chi connectivity index (χ3n) is 3.01. The molecule has 0 saturated carbocycles. The van der Waals surface area contributed by atoms with E-state index in [1.165, 1.54) is 51.9 Å². The van der Waals surface area contributed by atoms with Gasteiger partial charge in [-0.25, -0.2) is 0 Å². The molecule has 0 spiro atoms. The zero-order chi connectivity index (χ0) is 12.9. The molecule has 0 aliphatic carbocycles. The summed E-state index contributed by atoms with van der Waals surface area (Å²) < 4.78 is 0. The van der Waals surface area contributed by atoms with Crippen molar-refractivity contribution in [2.45, 2.75) is 84.5 Å². The Hall–Kier alpha value is 0.600. The van der Waals surface area contributed by atoms with E-state index in [9.17, 15) is 9.59 Å². The fourth-order valence-corrected chi connectivity index (χ4v) is 2.00. The molecule has 0 aromatic heterocycles. The van der Waals surface area contributed by atoms with Crippen molar-refractivity contribution in [3.63, 3.8) is 0 Å². The van der Waals surface area contributed by atoms with Crippen LogP contribution in [0.4, 0.5) is 0 Å². The predicted octanol–water partition coefficient (Wildman–Crippen LogP) is 3.54. The molecule has 3 heteroatoms. The molecule has 18 heavy (non-hydrogen) atoms. The van der Waals surface area contributed by atoms with Gasteiger partial charge in [0.1, 0.15) is 11.6 Å². The Labute approximate surface area is 142 Å². The summed E-state index contributed by atoms with van der Waals surface area (Å²) in [6.45, 7) is 3.71. The van der Waals surface area contributed by atoms with Gasteiger partial charge in [-0.1, -0.05) is 58.3 Å². The van der Waals surface area contributed by atoms with Crippen LogP contribution in [-0.4, -0.2) is 49.3 Å². The van der Waals surface area contributed by atoms with Crippen LogP contribution in [0.15, 0.2) is 0 Å². The SMILES string of the molecule is CCCCCCCCCCCC(=O)CC(C)=O.[CaH2]. The van der Waals surface area contributed by atoms with Gasteiger partial charge >= 0.3 is 37.7 Å². The van der Waals surface area contributed by atoms with Crippen molar-refractivity contribution in [1.82, 2.24) is 0 Å². The van der Waals surface area contributed by atoms with Crippen LogP contribution in [0.2, 0.25) is 0 Å². The first kappa shape index (κ1) is 20.9. The molecule has 0 unspecified atom stereocenters. The molecule has 0 aliphatic heterocycles. The zero-order valence-electron chi connectivity index (χ0n) is 11.6. The molecule has 0 saturated heterocycles. The number of carbonyl (C=O) groups excluding carboxylic acids is 2. The van der Waals surface area contributed by atoms with E-state index in [1.54, 1.807) is 0 Å². The van der Waals surface area contributed by atoms with E-state index in [-0.39, 0.29) is 55.7 Å². The Morgan fingerprint density at radius 3 is 1.67 bits per heavy atom.